The second-order valence-electron chi connectivity index (χ2n) is 4.95. The molecule has 0 radical (unpaired) electrons. The zero-order valence-electron chi connectivity index (χ0n) is 12.6. The molecule has 2 aromatic rings. The molecular weight excluding hydrogens is 305 g/mol. The highest BCUT2D eigenvalue weighted by atomic mass is 35.5. The van der Waals surface area contributed by atoms with E-state index in [-0.39, 0.29) is 18.3 Å². The van der Waals surface area contributed by atoms with E-state index in [4.69, 9.17) is 26.8 Å². The number of ether oxygens (including phenoxy) is 2. The van der Waals surface area contributed by atoms with Crippen LogP contribution in [0, 0.1) is 5.82 Å². The predicted octanol–water partition coefficient (Wildman–Crippen LogP) is 3.78. The fourth-order valence-corrected chi connectivity index (χ4v) is 2.83. The molecule has 0 bridgehead atoms. The van der Waals surface area contributed by atoms with Crippen molar-refractivity contribution in [2.24, 2.45) is 5.73 Å². The Morgan fingerprint density at radius 2 is 1.95 bits per heavy atom. The lowest BCUT2D eigenvalue weighted by Crippen LogP contribution is -2.17. The highest BCUT2D eigenvalue weighted by molar-refractivity contribution is 6.31. The Balaban J connectivity index is 2.38. The molecule has 3 nitrogen and oxygen atoms in total. The zero-order valence-corrected chi connectivity index (χ0v) is 13.4. The molecule has 0 aliphatic heterocycles. The summed E-state index contributed by atoms with van der Waals surface area (Å²) in [7, 11) is 3.19. The summed E-state index contributed by atoms with van der Waals surface area (Å²) in [4.78, 5) is 0. The van der Waals surface area contributed by atoms with E-state index in [2.05, 4.69) is 0 Å². The van der Waals surface area contributed by atoms with Gasteiger partial charge in [-0.2, -0.15) is 0 Å². The molecule has 2 N–H and O–H groups in total. The number of hydrogen-bond donors (Lipinski definition) is 1. The van der Waals surface area contributed by atoms with Gasteiger partial charge in [0.25, 0.3) is 0 Å². The maximum atomic E-state index is 14.1. The molecule has 0 saturated heterocycles. The summed E-state index contributed by atoms with van der Waals surface area (Å²) in [5, 5.41) is 0.386. The fourth-order valence-electron chi connectivity index (χ4n) is 2.51. The molecule has 2 aromatic carbocycles. The number of nitrogens with two attached hydrogens (primary N) is 1. The van der Waals surface area contributed by atoms with Gasteiger partial charge in [-0.1, -0.05) is 17.7 Å². The first-order chi connectivity index (χ1) is 10.6. The normalized spacial score (nSPS) is 12.0. The predicted molar refractivity (Wildman–Crippen MR) is 86.5 cm³/mol. The van der Waals surface area contributed by atoms with Gasteiger partial charge in [-0.05, 0) is 48.9 Å². The summed E-state index contributed by atoms with van der Waals surface area (Å²) < 4.78 is 24.7. The number of rotatable bonds is 6. The van der Waals surface area contributed by atoms with E-state index in [1.54, 1.807) is 26.4 Å². The Morgan fingerprint density at radius 1 is 1.18 bits per heavy atom. The molecule has 118 valence electrons. The molecule has 1 unspecified atom stereocenters. The van der Waals surface area contributed by atoms with Crippen LogP contribution in [0.1, 0.15) is 17.0 Å². The molecule has 0 aliphatic carbocycles. The average Bonchev–Trinajstić information content (AvgIpc) is 2.53. The van der Waals surface area contributed by atoms with Gasteiger partial charge in [0.2, 0.25) is 0 Å². The third kappa shape index (κ3) is 3.51. The van der Waals surface area contributed by atoms with Crippen LogP contribution in [0.4, 0.5) is 4.39 Å². The van der Waals surface area contributed by atoms with Gasteiger partial charge in [-0.15, -0.1) is 0 Å². The summed E-state index contributed by atoms with van der Waals surface area (Å²) in [5.74, 6) is 0.845. The minimum absolute atomic E-state index is 0.241. The van der Waals surface area contributed by atoms with Crippen molar-refractivity contribution in [1.82, 2.24) is 0 Å². The number of halogens is 2. The zero-order chi connectivity index (χ0) is 16.1. The number of hydrogen-bond acceptors (Lipinski definition) is 3. The highest BCUT2D eigenvalue weighted by Gasteiger charge is 2.20. The van der Waals surface area contributed by atoms with E-state index in [0.29, 0.717) is 28.5 Å². The van der Waals surface area contributed by atoms with Crippen molar-refractivity contribution in [1.29, 1.82) is 0 Å². The van der Waals surface area contributed by atoms with Gasteiger partial charge in [0.1, 0.15) is 17.3 Å². The first-order valence-electron chi connectivity index (χ1n) is 6.95. The molecule has 1 atom stereocenters. The van der Waals surface area contributed by atoms with Gasteiger partial charge in [0, 0.05) is 16.5 Å². The van der Waals surface area contributed by atoms with Gasteiger partial charge in [0.05, 0.1) is 14.2 Å². The molecule has 0 aliphatic rings. The van der Waals surface area contributed by atoms with E-state index in [1.807, 2.05) is 18.2 Å². The molecule has 0 heterocycles. The minimum atomic E-state index is -0.343. The minimum Gasteiger partial charge on any atom is -0.497 e. The summed E-state index contributed by atoms with van der Waals surface area (Å²) in [6.07, 6.45) is 0.511. The first-order valence-corrected chi connectivity index (χ1v) is 7.33. The van der Waals surface area contributed by atoms with Crippen LogP contribution in [0.25, 0.3) is 0 Å². The van der Waals surface area contributed by atoms with Crippen LogP contribution >= 0.6 is 11.6 Å². The molecule has 0 saturated carbocycles. The van der Waals surface area contributed by atoms with Crippen molar-refractivity contribution in [3.05, 3.63) is 58.4 Å². The Labute approximate surface area is 134 Å². The van der Waals surface area contributed by atoms with Gasteiger partial charge >= 0.3 is 0 Å². The summed E-state index contributed by atoms with van der Waals surface area (Å²) in [5.41, 5.74) is 7.20. The second-order valence-corrected chi connectivity index (χ2v) is 5.36. The van der Waals surface area contributed by atoms with E-state index in [9.17, 15) is 4.39 Å². The lowest BCUT2D eigenvalue weighted by atomic mass is 9.91. The number of benzene rings is 2. The average molecular weight is 324 g/mol. The summed E-state index contributed by atoms with van der Waals surface area (Å²) in [6, 6.07) is 10.2. The Hall–Kier alpha value is -1.78. The quantitative estimate of drug-likeness (QED) is 0.880. The van der Waals surface area contributed by atoms with Crippen LogP contribution in [0.5, 0.6) is 11.5 Å². The van der Waals surface area contributed by atoms with E-state index < -0.39 is 0 Å². The van der Waals surface area contributed by atoms with E-state index >= 15 is 0 Å². The van der Waals surface area contributed by atoms with Crippen molar-refractivity contribution in [3.8, 4) is 11.5 Å². The Morgan fingerprint density at radius 3 is 2.55 bits per heavy atom. The third-order valence-corrected chi connectivity index (χ3v) is 3.98. The van der Waals surface area contributed by atoms with Crippen molar-refractivity contribution < 1.29 is 13.9 Å². The molecule has 0 spiro atoms. The van der Waals surface area contributed by atoms with Gasteiger partial charge < -0.3 is 15.2 Å². The van der Waals surface area contributed by atoms with E-state index in [1.165, 1.54) is 6.07 Å². The standard InChI is InChI=1S/C17H19ClFNO2/c1-21-13-6-7-16(22-2)11(9-13)8-12(10-20)17-14(18)4-3-5-15(17)19/h3-7,9,12H,8,10,20H2,1-2H3. The highest BCUT2D eigenvalue weighted by Crippen LogP contribution is 2.33. The Kier molecular flexibility index (Phi) is 5.63. The molecule has 0 amide bonds. The van der Waals surface area contributed by atoms with Crippen LogP contribution in [0.15, 0.2) is 36.4 Å². The van der Waals surface area contributed by atoms with Crippen molar-refractivity contribution in [2.45, 2.75) is 12.3 Å². The van der Waals surface area contributed by atoms with Crippen LogP contribution in [-0.2, 0) is 6.42 Å². The fraction of sp³-hybridized carbons (Fsp3) is 0.294. The van der Waals surface area contributed by atoms with Gasteiger partial charge in [0.15, 0.2) is 0 Å². The summed E-state index contributed by atoms with van der Waals surface area (Å²) >= 11 is 6.15. The van der Waals surface area contributed by atoms with Crippen LogP contribution in [-0.4, -0.2) is 20.8 Å². The molecular formula is C17H19ClFNO2. The molecule has 22 heavy (non-hydrogen) atoms. The van der Waals surface area contributed by atoms with Crippen LogP contribution < -0.4 is 15.2 Å². The van der Waals surface area contributed by atoms with Gasteiger partial charge in [-0.3, -0.25) is 0 Å². The lowest BCUT2D eigenvalue weighted by molar-refractivity contribution is 0.397. The topological polar surface area (TPSA) is 44.5 Å². The molecule has 5 heteroatoms. The molecule has 0 aromatic heterocycles. The van der Waals surface area contributed by atoms with Crippen molar-refractivity contribution in [3.63, 3.8) is 0 Å². The monoisotopic (exact) mass is 323 g/mol. The van der Waals surface area contributed by atoms with Crippen molar-refractivity contribution in [2.75, 3.05) is 20.8 Å². The molecule has 0 fully saturated rings. The van der Waals surface area contributed by atoms with Gasteiger partial charge in [-0.25, -0.2) is 4.39 Å². The van der Waals surface area contributed by atoms with E-state index in [0.717, 1.165) is 5.56 Å². The Bertz CT molecular complexity index is 628. The first kappa shape index (κ1) is 16.6. The molecule has 2 rings (SSSR count). The smallest absolute Gasteiger partial charge is 0.128 e. The van der Waals surface area contributed by atoms with Crippen LogP contribution in [0.3, 0.4) is 0 Å². The van der Waals surface area contributed by atoms with Crippen LogP contribution in [0.2, 0.25) is 5.02 Å². The third-order valence-electron chi connectivity index (χ3n) is 3.65. The number of methoxy groups -OCH3 is 2. The van der Waals surface area contributed by atoms with Crippen molar-refractivity contribution >= 4 is 11.6 Å². The largest absolute Gasteiger partial charge is 0.497 e. The lowest BCUT2D eigenvalue weighted by Gasteiger charge is -2.19. The summed E-state index contributed by atoms with van der Waals surface area (Å²) in [6.45, 7) is 0.279. The maximum Gasteiger partial charge on any atom is 0.128 e. The SMILES string of the molecule is COc1ccc(OC)c(CC(CN)c2c(F)cccc2Cl)c1. The maximum absolute atomic E-state index is 14.1. The second kappa shape index (κ2) is 7.47.